The van der Waals surface area contributed by atoms with Crippen molar-refractivity contribution in [3.05, 3.63) is 53.6 Å². The number of allylic oxidation sites excluding steroid dienone is 1. The summed E-state index contributed by atoms with van der Waals surface area (Å²) >= 11 is 0. The van der Waals surface area contributed by atoms with Crippen LogP contribution in [-0.4, -0.2) is 0 Å². The lowest BCUT2D eigenvalue weighted by Gasteiger charge is -2.06. The summed E-state index contributed by atoms with van der Waals surface area (Å²) in [7, 11) is 0. The van der Waals surface area contributed by atoms with Gasteiger partial charge in [0.2, 0.25) is 0 Å². The lowest BCUT2D eigenvalue weighted by molar-refractivity contribution is 1.15. The molecule has 0 unspecified atom stereocenters. The van der Waals surface area contributed by atoms with Gasteiger partial charge in [-0.15, -0.1) is 0 Å². The molecule has 0 spiro atoms. The third kappa shape index (κ3) is 2.14. The van der Waals surface area contributed by atoms with E-state index in [1.807, 2.05) is 43.3 Å². The summed E-state index contributed by atoms with van der Waals surface area (Å²) in [5.41, 5.74) is 8.15. The average molecular weight is 222 g/mol. The zero-order chi connectivity index (χ0) is 12.3. The molecule has 2 aromatic rings. The summed E-state index contributed by atoms with van der Waals surface area (Å²) in [6.07, 6.45) is 0.662. The molecule has 0 saturated heterocycles. The maximum Gasteiger partial charge on any atom is 0.0968 e. The molecule has 0 bridgehead atoms. The van der Waals surface area contributed by atoms with Crippen molar-refractivity contribution in [2.75, 3.05) is 0 Å². The van der Waals surface area contributed by atoms with Gasteiger partial charge in [0.1, 0.15) is 0 Å². The van der Waals surface area contributed by atoms with Crippen molar-refractivity contribution in [3.8, 4) is 6.07 Å². The van der Waals surface area contributed by atoms with Gasteiger partial charge in [-0.1, -0.05) is 43.3 Å². The normalized spacial score (nSPS) is 12.0. The summed E-state index contributed by atoms with van der Waals surface area (Å²) in [6.45, 7) is 1.94. The Morgan fingerprint density at radius 1 is 1.18 bits per heavy atom. The SMILES string of the molecule is CC/C(C#N)=C(/N)c1ccc2ccccc2c1. The number of fused-ring (bicyclic) bond motifs is 1. The number of hydrogen-bond acceptors (Lipinski definition) is 2. The molecule has 17 heavy (non-hydrogen) atoms. The number of hydrogen-bond donors (Lipinski definition) is 1. The molecule has 0 aliphatic carbocycles. The largest absolute Gasteiger partial charge is 0.397 e. The Kier molecular flexibility index (Phi) is 3.11. The van der Waals surface area contributed by atoms with E-state index in [-0.39, 0.29) is 0 Å². The van der Waals surface area contributed by atoms with Crippen molar-refractivity contribution in [3.63, 3.8) is 0 Å². The molecular formula is C15H14N2. The fourth-order valence-corrected chi connectivity index (χ4v) is 1.86. The van der Waals surface area contributed by atoms with Crippen LogP contribution in [0.1, 0.15) is 18.9 Å². The zero-order valence-electron chi connectivity index (χ0n) is 9.77. The molecule has 0 fully saturated rings. The molecule has 2 heteroatoms. The maximum absolute atomic E-state index is 8.98. The highest BCUT2D eigenvalue weighted by Crippen LogP contribution is 2.21. The standard InChI is InChI=1S/C15H14N2/c1-2-11(10-16)15(17)14-8-7-12-5-3-4-6-13(12)9-14/h3-9H,2,17H2,1H3/b15-11-. The van der Waals surface area contributed by atoms with E-state index in [0.717, 1.165) is 10.9 Å². The van der Waals surface area contributed by atoms with Crippen LogP contribution in [0.4, 0.5) is 0 Å². The van der Waals surface area contributed by atoms with Crippen molar-refractivity contribution in [2.24, 2.45) is 5.73 Å². The lowest BCUT2D eigenvalue weighted by Crippen LogP contribution is -2.00. The minimum absolute atomic E-state index is 0.584. The first-order valence-electron chi connectivity index (χ1n) is 5.64. The van der Waals surface area contributed by atoms with E-state index >= 15 is 0 Å². The van der Waals surface area contributed by atoms with Gasteiger partial charge in [0.15, 0.2) is 0 Å². The molecule has 84 valence electrons. The molecule has 0 saturated carbocycles. The monoisotopic (exact) mass is 222 g/mol. The van der Waals surface area contributed by atoms with E-state index in [1.54, 1.807) is 0 Å². The van der Waals surface area contributed by atoms with Crippen molar-refractivity contribution in [1.82, 2.24) is 0 Å². The van der Waals surface area contributed by atoms with Gasteiger partial charge in [-0.25, -0.2) is 0 Å². The fraction of sp³-hybridized carbons (Fsp3) is 0.133. The summed E-state index contributed by atoms with van der Waals surface area (Å²) in [5, 5.41) is 11.3. The second-order valence-corrected chi connectivity index (χ2v) is 3.92. The molecule has 0 atom stereocenters. The van der Waals surface area contributed by atoms with E-state index in [9.17, 15) is 0 Å². The highest BCUT2D eigenvalue weighted by molar-refractivity contribution is 5.86. The molecule has 0 aliphatic rings. The van der Waals surface area contributed by atoms with Crippen LogP contribution in [0.3, 0.4) is 0 Å². The van der Waals surface area contributed by atoms with Crippen LogP contribution in [0.5, 0.6) is 0 Å². The van der Waals surface area contributed by atoms with E-state index in [4.69, 9.17) is 11.0 Å². The second-order valence-electron chi connectivity index (χ2n) is 3.92. The van der Waals surface area contributed by atoms with Gasteiger partial charge < -0.3 is 5.73 Å². The highest BCUT2D eigenvalue weighted by Gasteiger charge is 2.04. The van der Waals surface area contributed by atoms with E-state index in [2.05, 4.69) is 12.1 Å². The van der Waals surface area contributed by atoms with E-state index in [1.165, 1.54) is 5.39 Å². The Morgan fingerprint density at radius 2 is 1.88 bits per heavy atom. The molecule has 2 N–H and O–H groups in total. The molecular weight excluding hydrogens is 208 g/mol. The Labute approximate surface area is 101 Å². The van der Waals surface area contributed by atoms with Crippen LogP contribution in [0.2, 0.25) is 0 Å². The van der Waals surface area contributed by atoms with Gasteiger partial charge >= 0.3 is 0 Å². The van der Waals surface area contributed by atoms with Gasteiger partial charge in [0, 0.05) is 0 Å². The van der Waals surface area contributed by atoms with Gasteiger partial charge in [-0.2, -0.15) is 5.26 Å². The van der Waals surface area contributed by atoms with Crippen LogP contribution in [0, 0.1) is 11.3 Å². The third-order valence-electron chi connectivity index (χ3n) is 2.87. The molecule has 2 rings (SSSR count). The molecule has 2 nitrogen and oxygen atoms in total. The first-order chi connectivity index (χ1) is 8.26. The van der Waals surface area contributed by atoms with Gasteiger partial charge in [-0.05, 0) is 28.8 Å². The Bertz CT molecular complexity index is 618. The zero-order valence-corrected chi connectivity index (χ0v) is 9.77. The molecule has 0 radical (unpaired) electrons. The van der Waals surface area contributed by atoms with Gasteiger partial charge in [0.05, 0.1) is 17.3 Å². The molecule has 0 aliphatic heterocycles. The van der Waals surface area contributed by atoms with E-state index in [0.29, 0.717) is 17.7 Å². The van der Waals surface area contributed by atoms with E-state index < -0.39 is 0 Å². The predicted octanol–water partition coefficient (Wildman–Crippen LogP) is 3.44. The summed E-state index contributed by atoms with van der Waals surface area (Å²) in [6, 6.07) is 16.3. The maximum atomic E-state index is 8.98. The predicted molar refractivity (Wildman–Crippen MR) is 71.0 cm³/mol. The van der Waals surface area contributed by atoms with Crippen LogP contribution >= 0.6 is 0 Å². The van der Waals surface area contributed by atoms with Crippen molar-refractivity contribution >= 4 is 16.5 Å². The Morgan fingerprint density at radius 3 is 2.53 bits per heavy atom. The smallest absolute Gasteiger partial charge is 0.0968 e. The number of benzene rings is 2. The number of nitrogens with zero attached hydrogens (tertiary/aromatic N) is 1. The fourth-order valence-electron chi connectivity index (χ4n) is 1.86. The topological polar surface area (TPSA) is 49.8 Å². The summed E-state index contributed by atoms with van der Waals surface area (Å²) in [5.74, 6) is 0. The first-order valence-corrected chi connectivity index (χ1v) is 5.64. The minimum atomic E-state index is 0.584. The first kappa shape index (κ1) is 11.2. The van der Waals surface area contributed by atoms with Crippen LogP contribution in [0.15, 0.2) is 48.0 Å². The third-order valence-corrected chi connectivity index (χ3v) is 2.87. The molecule has 2 aromatic carbocycles. The van der Waals surface area contributed by atoms with Crippen molar-refractivity contribution < 1.29 is 0 Å². The van der Waals surface area contributed by atoms with Gasteiger partial charge in [-0.3, -0.25) is 0 Å². The second kappa shape index (κ2) is 4.71. The number of rotatable bonds is 2. The molecule has 0 aromatic heterocycles. The van der Waals surface area contributed by atoms with Crippen LogP contribution < -0.4 is 5.73 Å². The van der Waals surface area contributed by atoms with Crippen molar-refractivity contribution in [2.45, 2.75) is 13.3 Å². The quantitative estimate of drug-likeness (QED) is 0.791. The summed E-state index contributed by atoms with van der Waals surface area (Å²) in [4.78, 5) is 0. The highest BCUT2D eigenvalue weighted by atomic mass is 14.6. The van der Waals surface area contributed by atoms with Crippen LogP contribution in [-0.2, 0) is 0 Å². The Hall–Kier alpha value is -2.27. The minimum Gasteiger partial charge on any atom is -0.397 e. The Balaban J connectivity index is 2.58. The van der Waals surface area contributed by atoms with Crippen molar-refractivity contribution in [1.29, 1.82) is 5.26 Å². The number of nitrogens with two attached hydrogens (primary N) is 1. The van der Waals surface area contributed by atoms with Crippen LogP contribution in [0.25, 0.3) is 16.5 Å². The van der Waals surface area contributed by atoms with Gasteiger partial charge in [0.25, 0.3) is 0 Å². The number of nitriles is 1. The molecule has 0 heterocycles. The average Bonchev–Trinajstić information content (AvgIpc) is 2.39. The lowest BCUT2D eigenvalue weighted by atomic mass is 10.0. The molecule has 0 amide bonds. The summed E-state index contributed by atoms with van der Waals surface area (Å²) < 4.78 is 0.